The monoisotopic (exact) mass is 378 g/mol. The second-order valence-electron chi connectivity index (χ2n) is 0. The molecule has 0 saturated carbocycles. The van der Waals surface area contributed by atoms with E-state index in [9.17, 15) is 0 Å². The Balaban J connectivity index is 0. The van der Waals surface area contributed by atoms with E-state index < -0.39 is 0 Å². The van der Waals surface area contributed by atoms with Crippen LogP contribution in [0.15, 0.2) is 0 Å². The van der Waals surface area contributed by atoms with Crippen molar-refractivity contribution in [2.24, 2.45) is 0 Å². The van der Waals surface area contributed by atoms with Crippen molar-refractivity contribution in [3.05, 3.63) is 0 Å². The Morgan fingerprint density at radius 2 is 1.00 bits per heavy atom. The Hall–Kier alpha value is 3.97. The van der Waals surface area contributed by atoms with Crippen LogP contribution in [0.2, 0.25) is 0 Å². The average Bonchev–Trinajstić information content (AvgIpc) is 0. The van der Waals surface area contributed by atoms with Gasteiger partial charge in [-0.1, -0.05) is 0 Å². The molecule has 0 bridgehead atoms. The van der Waals surface area contributed by atoms with Crippen molar-refractivity contribution >= 4 is 123 Å². The van der Waals surface area contributed by atoms with Crippen molar-refractivity contribution < 1.29 is 0 Å². The molecule has 0 spiro atoms. The van der Waals surface area contributed by atoms with Gasteiger partial charge in [-0.25, -0.2) is 0 Å². The first kappa shape index (κ1) is 24.6. The molecule has 0 aliphatic carbocycles. The van der Waals surface area contributed by atoms with E-state index in [2.05, 4.69) is 0 Å². The van der Waals surface area contributed by atoms with E-state index >= 15 is 0 Å². The number of hydrogen-bond donors (Lipinski definition) is 0. The molecule has 4 heavy (non-hydrogen) atoms. The van der Waals surface area contributed by atoms with Crippen LogP contribution in [0.1, 0.15) is 0 Å². The topological polar surface area (TPSA) is 0 Å². The second-order valence-corrected chi connectivity index (χ2v) is 0. The van der Waals surface area contributed by atoms with Crippen LogP contribution in [-0.4, -0.2) is 109 Å². The molecule has 0 aromatic carbocycles. The Bertz CT molecular complexity index is 8.00. The third-order valence-electron chi connectivity index (χ3n) is 0. The van der Waals surface area contributed by atoms with Gasteiger partial charge in [-0.05, 0) is 0 Å². The van der Waals surface area contributed by atoms with Gasteiger partial charge in [0.15, 0.2) is 0 Å². The van der Waals surface area contributed by atoms with Crippen LogP contribution in [-0.2, 0) is 0 Å². The van der Waals surface area contributed by atoms with Crippen LogP contribution in [0.5, 0.6) is 0 Å². The molecule has 0 saturated heterocycles. The Kier molecular flexibility index (Phi) is 96.8. The molecule has 0 aromatic rings. The first-order valence-electron chi connectivity index (χ1n) is 0. The maximum absolute atomic E-state index is 0. The molecule has 0 amide bonds. The van der Waals surface area contributed by atoms with Crippen molar-refractivity contribution in [3.8, 4) is 0 Å². The van der Waals surface area contributed by atoms with E-state index in [0.717, 1.165) is 0 Å². The van der Waals surface area contributed by atoms with Crippen LogP contribution < -0.4 is 0 Å². The summed E-state index contributed by atoms with van der Waals surface area (Å²) in [4.78, 5) is 0. The summed E-state index contributed by atoms with van der Waals surface area (Å²) in [6.07, 6.45) is 0. The van der Waals surface area contributed by atoms with Crippen molar-refractivity contribution in [2.45, 2.75) is 0 Å². The molecule has 24 valence electrons. The zero-order valence-electron chi connectivity index (χ0n) is 1.21. The van der Waals surface area contributed by atoms with Gasteiger partial charge in [0.1, 0.15) is 0 Å². The second kappa shape index (κ2) is 15.8. The summed E-state index contributed by atoms with van der Waals surface area (Å²) in [6, 6.07) is 0. The van der Waals surface area contributed by atoms with E-state index in [1.54, 1.807) is 0 Å². The van der Waals surface area contributed by atoms with Gasteiger partial charge in [-0.3, -0.25) is 0 Å². The zero-order valence-corrected chi connectivity index (χ0v) is 7.70. The molecule has 0 N–H and O–H groups in total. The van der Waals surface area contributed by atoms with E-state index in [1.165, 1.54) is 0 Å². The predicted octanol–water partition coefficient (Wildman–Crippen LogP) is -2.90. The van der Waals surface area contributed by atoms with Gasteiger partial charge in [0.2, 0.25) is 0 Å². The first-order valence-corrected chi connectivity index (χ1v) is 0. The summed E-state index contributed by atoms with van der Waals surface area (Å²) in [5, 5.41) is 0. The fourth-order valence-corrected chi connectivity index (χ4v) is 0. The van der Waals surface area contributed by atoms with Gasteiger partial charge in [0.25, 0.3) is 0 Å². The standard InChI is InChI=1S/Bi.Ca.H2S.Sr.7H/h;;1H2;;;;;;;;. The normalized spacial score (nSPS) is 0. The SMILES string of the molecule is S.[BiH3].[CaH2].[SrH2]. The Labute approximate surface area is 119 Å². The molecule has 0 aromatic heterocycles. The van der Waals surface area contributed by atoms with Crippen LogP contribution in [0, 0.1) is 0 Å². The molecule has 4 heteroatoms. The maximum atomic E-state index is 0. The number of rotatable bonds is 0. The third-order valence-corrected chi connectivity index (χ3v) is 0. The van der Waals surface area contributed by atoms with Gasteiger partial charge >= 0.3 is 109 Å². The average molecular weight is 378 g/mol. The summed E-state index contributed by atoms with van der Waals surface area (Å²) < 4.78 is 0. The van der Waals surface area contributed by atoms with Crippen molar-refractivity contribution in [2.75, 3.05) is 0 Å². The number of hydrogen-bond acceptors (Lipinski definition) is 0. The minimum absolute atomic E-state index is 0. The van der Waals surface area contributed by atoms with E-state index in [0.29, 0.717) is 0 Å². The van der Waals surface area contributed by atoms with Gasteiger partial charge in [0, 0.05) is 0 Å². The molecule has 0 unspecified atom stereocenters. The molecule has 0 heterocycles. The molecular formula is H9BiCaSSr. The van der Waals surface area contributed by atoms with Gasteiger partial charge in [-0.15, -0.1) is 0 Å². The van der Waals surface area contributed by atoms with E-state index in [1.807, 2.05) is 0 Å². The quantitative estimate of drug-likeness (QED) is 0.397. The predicted molar refractivity (Wildman–Crippen MR) is 37.4 cm³/mol. The Morgan fingerprint density at radius 3 is 1.00 bits per heavy atom. The van der Waals surface area contributed by atoms with Crippen molar-refractivity contribution in [1.29, 1.82) is 0 Å². The molecule has 0 rings (SSSR count). The fraction of sp³-hybridized carbons (Fsp3) is 0. The molecule has 0 radical (unpaired) electrons. The first-order chi connectivity index (χ1) is 0. The van der Waals surface area contributed by atoms with Gasteiger partial charge in [-0.2, -0.15) is 13.5 Å². The van der Waals surface area contributed by atoms with E-state index in [4.69, 9.17) is 0 Å². The molecular weight excluding hydrogens is 369 g/mol. The Morgan fingerprint density at radius 1 is 1.00 bits per heavy atom. The fourth-order valence-electron chi connectivity index (χ4n) is 0. The molecule has 0 fully saturated rings. The van der Waals surface area contributed by atoms with Crippen LogP contribution >= 0.6 is 13.5 Å². The van der Waals surface area contributed by atoms with E-state index in [-0.39, 0.29) is 123 Å². The molecule has 0 aliphatic rings. The van der Waals surface area contributed by atoms with Crippen molar-refractivity contribution in [3.63, 3.8) is 0 Å². The van der Waals surface area contributed by atoms with Crippen LogP contribution in [0.4, 0.5) is 0 Å². The third kappa shape index (κ3) is 9.36. The minimum atomic E-state index is 0. The summed E-state index contributed by atoms with van der Waals surface area (Å²) in [7, 11) is 0. The molecule has 0 aliphatic heterocycles. The van der Waals surface area contributed by atoms with Crippen LogP contribution in [0.3, 0.4) is 0 Å². The van der Waals surface area contributed by atoms with Gasteiger partial charge < -0.3 is 0 Å². The zero-order chi connectivity index (χ0) is 0. The summed E-state index contributed by atoms with van der Waals surface area (Å²) in [5.74, 6) is 0. The summed E-state index contributed by atoms with van der Waals surface area (Å²) in [5.41, 5.74) is 0. The van der Waals surface area contributed by atoms with Crippen molar-refractivity contribution in [1.82, 2.24) is 0 Å². The van der Waals surface area contributed by atoms with Gasteiger partial charge in [0.05, 0.1) is 0 Å². The summed E-state index contributed by atoms with van der Waals surface area (Å²) in [6.45, 7) is 0. The summed E-state index contributed by atoms with van der Waals surface area (Å²) >= 11 is 0. The molecule has 0 nitrogen and oxygen atoms in total. The van der Waals surface area contributed by atoms with Crippen LogP contribution in [0.25, 0.3) is 0 Å². The molecule has 0 atom stereocenters.